The molecule has 2 rings (SSSR count). The van der Waals surface area contributed by atoms with Crippen LogP contribution in [0.2, 0.25) is 0 Å². The summed E-state index contributed by atoms with van der Waals surface area (Å²) in [5.74, 6) is -1.63. The fourth-order valence-electron chi connectivity index (χ4n) is 2.93. The highest BCUT2D eigenvalue weighted by Gasteiger charge is 2.28. The number of carbonyl (C=O) groups excluding carboxylic acids is 4. The van der Waals surface area contributed by atoms with Crippen molar-refractivity contribution in [2.24, 2.45) is 0 Å². The van der Waals surface area contributed by atoms with Gasteiger partial charge in [0.1, 0.15) is 12.1 Å². The number of hydrogen-bond acceptors (Lipinski definition) is 4. The lowest BCUT2D eigenvalue weighted by atomic mass is 10.0. The summed E-state index contributed by atoms with van der Waals surface area (Å²) in [5.41, 5.74) is 0.879. The van der Waals surface area contributed by atoms with Crippen LogP contribution < -0.4 is 16.0 Å². The topological polar surface area (TPSA) is 108 Å². The fourth-order valence-corrected chi connectivity index (χ4v) is 2.93. The Morgan fingerprint density at radius 3 is 2.41 bits per heavy atom. The molecule has 1 aliphatic heterocycles. The first-order chi connectivity index (χ1) is 12.9. The molecule has 1 heterocycles. The third-order valence-electron chi connectivity index (χ3n) is 4.25. The van der Waals surface area contributed by atoms with Gasteiger partial charge in [0.2, 0.25) is 23.6 Å². The Hall–Kier alpha value is -2.90. The first kappa shape index (κ1) is 20.4. The standard InChI is InChI=1S/C19H26N4O4/c1-3-9-23-12-17(25)22-15(10-14-7-5-4-6-8-14)18(26)20-11-16(24)21-13(2)19(23)27/h4-8,13,15H,3,9-12H2,1-2H3,(H,20,26)(H,21,24)(H,22,25)/t13-,15-/m0/s1. The van der Waals surface area contributed by atoms with Gasteiger partial charge in [0, 0.05) is 13.0 Å². The van der Waals surface area contributed by atoms with Crippen LogP contribution in [0.15, 0.2) is 30.3 Å². The van der Waals surface area contributed by atoms with Crippen LogP contribution in [0.4, 0.5) is 0 Å². The summed E-state index contributed by atoms with van der Waals surface area (Å²) in [7, 11) is 0. The van der Waals surface area contributed by atoms with Crippen molar-refractivity contribution in [3.63, 3.8) is 0 Å². The van der Waals surface area contributed by atoms with Crippen molar-refractivity contribution >= 4 is 23.6 Å². The molecule has 4 amide bonds. The molecular weight excluding hydrogens is 348 g/mol. The molecule has 0 aromatic heterocycles. The van der Waals surface area contributed by atoms with E-state index in [1.165, 1.54) is 4.90 Å². The SMILES string of the molecule is CCCN1CC(=O)N[C@@H](Cc2ccccc2)C(=O)NCC(=O)N[C@@H](C)C1=O. The summed E-state index contributed by atoms with van der Waals surface area (Å²) < 4.78 is 0. The molecule has 27 heavy (non-hydrogen) atoms. The van der Waals surface area contributed by atoms with E-state index in [1.54, 1.807) is 6.92 Å². The van der Waals surface area contributed by atoms with Crippen LogP contribution in [-0.2, 0) is 25.6 Å². The molecule has 0 bridgehead atoms. The minimum absolute atomic E-state index is 0.161. The summed E-state index contributed by atoms with van der Waals surface area (Å²) >= 11 is 0. The molecule has 0 radical (unpaired) electrons. The molecule has 0 saturated carbocycles. The quantitative estimate of drug-likeness (QED) is 0.666. The van der Waals surface area contributed by atoms with Gasteiger partial charge in [0.25, 0.3) is 0 Å². The number of benzene rings is 1. The maximum atomic E-state index is 12.5. The van der Waals surface area contributed by atoms with E-state index in [4.69, 9.17) is 0 Å². The minimum atomic E-state index is -0.830. The Bertz CT molecular complexity index is 692. The van der Waals surface area contributed by atoms with Gasteiger partial charge in [0.15, 0.2) is 0 Å². The first-order valence-corrected chi connectivity index (χ1v) is 9.09. The minimum Gasteiger partial charge on any atom is -0.345 e. The van der Waals surface area contributed by atoms with Crippen molar-refractivity contribution < 1.29 is 19.2 Å². The zero-order valence-corrected chi connectivity index (χ0v) is 15.7. The zero-order valence-electron chi connectivity index (χ0n) is 15.7. The van der Waals surface area contributed by atoms with E-state index in [0.29, 0.717) is 13.0 Å². The van der Waals surface area contributed by atoms with E-state index < -0.39 is 29.8 Å². The monoisotopic (exact) mass is 374 g/mol. The summed E-state index contributed by atoms with van der Waals surface area (Å²) in [6, 6.07) is 7.68. The van der Waals surface area contributed by atoms with Crippen molar-refractivity contribution in [2.75, 3.05) is 19.6 Å². The van der Waals surface area contributed by atoms with Gasteiger partial charge in [0.05, 0.1) is 13.1 Å². The van der Waals surface area contributed by atoms with Gasteiger partial charge in [-0.2, -0.15) is 0 Å². The Kier molecular flexibility index (Phi) is 7.34. The van der Waals surface area contributed by atoms with Crippen LogP contribution in [0.1, 0.15) is 25.8 Å². The molecule has 3 N–H and O–H groups in total. The third-order valence-corrected chi connectivity index (χ3v) is 4.25. The second kappa shape index (κ2) is 9.70. The van der Waals surface area contributed by atoms with E-state index in [9.17, 15) is 19.2 Å². The number of carbonyl (C=O) groups is 4. The molecule has 146 valence electrons. The van der Waals surface area contributed by atoms with E-state index in [0.717, 1.165) is 5.56 Å². The summed E-state index contributed by atoms with van der Waals surface area (Å²) in [6.07, 6.45) is 0.964. The number of rotatable bonds is 4. The van der Waals surface area contributed by atoms with Gasteiger partial charge in [-0.15, -0.1) is 0 Å². The lowest BCUT2D eigenvalue weighted by Gasteiger charge is -2.27. The highest BCUT2D eigenvalue weighted by molar-refractivity contribution is 5.95. The Balaban J connectivity index is 2.20. The molecule has 0 unspecified atom stereocenters. The van der Waals surface area contributed by atoms with Crippen molar-refractivity contribution in [1.29, 1.82) is 0 Å². The smallest absolute Gasteiger partial charge is 0.245 e. The molecule has 8 nitrogen and oxygen atoms in total. The van der Waals surface area contributed by atoms with E-state index >= 15 is 0 Å². The fraction of sp³-hybridized carbons (Fsp3) is 0.474. The normalized spacial score (nSPS) is 22.2. The van der Waals surface area contributed by atoms with Crippen molar-refractivity contribution in [1.82, 2.24) is 20.9 Å². The lowest BCUT2D eigenvalue weighted by molar-refractivity contribution is -0.140. The molecule has 1 aromatic carbocycles. The highest BCUT2D eigenvalue weighted by Crippen LogP contribution is 2.05. The van der Waals surface area contributed by atoms with Crippen LogP contribution >= 0.6 is 0 Å². The zero-order chi connectivity index (χ0) is 19.8. The molecule has 8 heteroatoms. The molecule has 2 atom stereocenters. The number of nitrogens with zero attached hydrogens (tertiary/aromatic N) is 1. The molecule has 1 aromatic rings. The largest absolute Gasteiger partial charge is 0.345 e. The number of amides is 4. The maximum absolute atomic E-state index is 12.5. The van der Waals surface area contributed by atoms with Crippen LogP contribution in [0.3, 0.4) is 0 Å². The highest BCUT2D eigenvalue weighted by atomic mass is 16.2. The second-order valence-electron chi connectivity index (χ2n) is 6.58. The van der Waals surface area contributed by atoms with Gasteiger partial charge in [-0.3, -0.25) is 19.2 Å². The van der Waals surface area contributed by atoms with Crippen LogP contribution in [0, 0.1) is 0 Å². The number of hydrogen-bond donors (Lipinski definition) is 3. The third kappa shape index (κ3) is 6.09. The lowest BCUT2D eigenvalue weighted by Crippen LogP contribution is -2.56. The molecule has 1 aliphatic rings. The Morgan fingerprint density at radius 2 is 1.74 bits per heavy atom. The summed E-state index contributed by atoms with van der Waals surface area (Å²) in [6.45, 7) is 3.43. The Morgan fingerprint density at radius 1 is 1.04 bits per heavy atom. The van der Waals surface area contributed by atoms with Gasteiger partial charge >= 0.3 is 0 Å². The van der Waals surface area contributed by atoms with Gasteiger partial charge in [-0.1, -0.05) is 37.3 Å². The van der Waals surface area contributed by atoms with Gasteiger partial charge in [-0.05, 0) is 18.9 Å². The molecule has 1 fully saturated rings. The average molecular weight is 374 g/mol. The van der Waals surface area contributed by atoms with Crippen LogP contribution in [0.25, 0.3) is 0 Å². The summed E-state index contributed by atoms with van der Waals surface area (Å²) in [4.78, 5) is 50.9. The van der Waals surface area contributed by atoms with Gasteiger partial charge in [-0.25, -0.2) is 0 Å². The predicted molar refractivity (Wildman–Crippen MR) is 99.6 cm³/mol. The molecule has 0 spiro atoms. The molecular formula is C19H26N4O4. The maximum Gasteiger partial charge on any atom is 0.245 e. The molecule has 1 saturated heterocycles. The van der Waals surface area contributed by atoms with E-state index in [-0.39, 0.29) is 25.4 Å². The number of nitrogens with one attached hydrogen (secondary N) is 3. The van der Waals surface area contributed by atoms with Crippen LogP contribution in [0.5, 0.6) is 0 Å². The Labute approximate surface area is 158 Å². The first-order valence-electron chi connectivity index (χ1n) is 9.09. The van der Waals surface area contributed by atoms with Crippen molar-refractivity contribution in [3.05, 3.63) is 35.9 Å². The van der Waals surface area contributed by atoms with Gasteiger partial charge < -0.3 is 20.9 Å². The molecule has 0 aliphatic carbocycles. The van der Waals surface area contributed by atoms with E-state index in [2.05, 4.69) is 16.0 Å². The predicted octanol–water partition coefficient (Wildman–Crippen LogP) is -0.413. The summed E-state index contributed by atoms with van der Waals surface area (Å²) in [5, 5.41) is 7.78. The van der Waals surface area contributed by atoms with Crippen molar-refractivity contribution in [3.8, 4) is 0 Å². The van der Waals surface area contributed by atoms with E-state index in [1.807, 2.05) is 37.3 Å². The average Bonchev–Trinajstić information content (AvgIpc) is 2.64. The van der Waals surface area contributed by atoms with Crippen LogP contribution in [-0.4, -0.2) is 60.2 Å². The second-order valence-corrected chi connectivity index (χ2v) is 6.58. The van der Waals surface area contributed by atoms with Crippen molar-refractivity contribution in [2.45, 2.75) is 38.8 Å².